The van der Waals surface area contributed by atoms with E-state index in [1.165, 1.54) is 16.3 Å². The fourth-order valence-electron chi connectivity index (χ4n) is 2.81. The van der Waals surface area contributed by atoms with Crippen molar-refractivity contribution in [2.45, 2.75) is 45.6 Å². The maximum atomic E-state index is 10.3. The van der Waals surface area contributed by atoms with E-state index in [9.17, 15) is 5.11 Å². The van der Waals surface area contributed by atoms with Crippen LogP contribution in [0.25, 0.3) is 10.8 Å². The normalized spacial score (nSPS) is 13.1. The molecule has 0 heterocycles. The Bertz CT molecular complexity index is 509. The maximum Gasteiger partial charge on any atom is 0.0583 e. The zero-order valence-corrected chi connectivity index (χ0v) is 12.0. The zero-order valence-electron chi connectivity index (χ0n) is 12.0. The van der Waals surface area contributed by atoms with Gasteiger partial charge in [0.2, 0.25) is 0 Å². The molecule has 0 aliphatic rings. The first kappa shape index (κ1) is 14.1. The van der Waals surface area contributed by atoms with Gasteiger partial charge in [-0.25, -0.2) is 0 Å². The van der Waals surface area contributed by atoms with Crippen molar-refractivity contribution in [3.63, 3.8) is 0 Å². The number of rotatable bonds is 6. The van der Waals surface area contributed by atoms with Gasteiger partial charge in [-0.05, 0) is 35.1 Å². The summed E-state index contributed by atoms with van der Waals surface area (Å²) in [6, 6.07) is 14.8. The summed E-state index contributed by atoms with van der Waals surface area (Å²) >= 11 is 0. The molecule has 0 spiro atoms. The van der Waals surface area contributed by atoms with Crippen molar-refractivity contribution in [2.75, 3.05) is 0 Å². The first-order valence-corrected chi connectivity index (χ1v) is 7.39. The fourth-order valence-corrected chi connectivity index (χ4v) is 2.81. The minimum atomic E-state index is -0.226. The lowest BCUT2D eigenvalue weighted by Gasteiger charge is -2.18. The number of fused-ring (bicyclic) bond motifs is 1. The number of aliphatic hydroxyl groups excluding tert-OH is 1. The second-order valence-electron chi connectivity index (χ2n) is 5.41. The van der Waals surface area contributed by atoms with Gasteiger partial charge >= 0.3 is 0 Å². The highest BCUT2D eigenvalue weighted by molar-refractivity contribution is 5.85. The number of aliphatic hydroxyl groups is 1. The van der Waals surface area contributed by atoms with Crippen molar-refractivity contribution >= 4 is 10.8 Å². The van der Waals surface area contributed by atoms with Crippen LogP contribution in [0, 0.1) is 5.92 Å². The summed E-state index contributed by atoms with van der Waals surface area (Å²) in [5.41, 5.74) is 1.26. The van der Waals surface area contributed by atoms with Gasteiger partial charge in [0.1, 0.15) is 0 Å². The lowest BCUT2D eigenvalue weighted by atomic mass is 9.92. The molecule has 19 heavy (non-hydrogen) atoms. The maximum absolute atomic E-state index is 10.3. The summed E-state index contributed by atoms with van der Waals surface area (Å²) in [6.45, 7) is 4.41. The quantitative estimate of drug-likeness (QED) is 0.802. The van der Waals surface area contributed by atoms with Crippen molar-refractivity contribution in [3.8, 4) is 0 Å². The molecule has 0 saturated heterocycles. The topological polar surface area (TPSA) is 20.2 Å². The van der Waals surface area contributed by atoms with Crippen LogP contribution in [0.4, 0.5) is 0 Å². The molecule has 0 aliphatic heterocycles. The van der Waals surface area contributed by atoms with E-state index in [0.29, 0.717) is 5.92 Å². The van der Waals surface area contributed by atoms with E-state index in [2.05, 4.69) is 56.3 Å². The van der Waals surface area contributed by atoms with Crippen LogP contribution < -0.4 is 0 Å². The number of hydrogen-bond donors (Lipinski definition) is 1. The molecule has 0 radical (unpaired) electrons. The minimum absolute atomic E-state index is 0.226. The smallest absolute Gasteiger partial charge is 0.0583 e. The molecule has 1 atom stereocenters. The van der Waals surface area contributed by atoms with E-state index >= 15 is 0 Å². The predicted octanol–water partition coefficient (Wildman–Crippen LogP) is 4.57. The Balaban J connectivity index is 2.12. The van der Waals surface area contributed by atoms with Gasteiger partial charge in [-0.15, -0.1) is 0 Å². The second-order valence-corrected chi connectivity index (χ2v) is 5.41. The fraction of sp³-hybridized carbons (Fsp3) is 0.444. The van der Waals surface area contributed by atoms with E-state index in [0.717, 1.165) is 25.7 Å². The SMILES string of the molecule is CCC(CC)CC(O)Cc1cccc2ccccc12. The highest BCUT2D eigenvalue weighted by Gasteiger charge is 2.13. The number of hydrogen-bond acceptors (Lipinski definition) is 1. The average molecular weight is 256 g/mol. The van der Waals surface area contributed by atoms with E-state index in [1.54, 1.807) is 0 Å². The van der Waals surface area contributed by atoms with Crippen molar-refractivity contribution < 1.29 is 5.11 Å². The Morgan fingerprint density at radius 1 is 0.947 bits per heavy atom. The third-order valence-electron chi connectivity index (χ3n) is 4.10. The van der Waals surface area contributed by atoms with Gasteiger partial charge in [0, 0.05) is 0 Å². The largest absolute Gasteiger partial charge is 0.393 e. The molecule has 0 aliphatic carbocycles. The molecule has 2 aromatic carbocycles. The summed E-state index contributed by atoms with van der Waals surface area (Å²) in [6.07, 6.45) is 3.76. The highest BCUT2D eigenvalue weighted by atomic mass is 16.3. The summed E-state index contributed by atoms with van der Waals surface area (Å²) < 4.78 is 0. The van der Waals surface area contributed by atoms with Crippen LogP contribution >= 0.6 is 0 Å². The van der Waals surface area contributed by atoms with Crippen LogP contribution in [-0.2, 0) is 6.42 Å². The molecule has 0 amide bonds. The van der Waals surface area contributed by atoms with E-state index in [-0.39, 0.29) is 6.10 Å². The van der Waals surface area contributed by atoms with Gasteiger partial charge in [0.15, 0.2) is 0 Å². The third kappa shape index (κ3) is 3.57. The molecule has 1 unspecified atom stereocenters. The molecular weight excluding hydrogens is 232 g/mol. The molecule has 1 nitrogen and oxygen atoms in total. The Kier molecular flexibility index (Phi) is 4.98. The molecule has 0 fully saturated rings. The monoisotopic (exact) mass is 256 g/mol. The van der Waals surface area contributed by atoms with E-state index in [4.69, 9.17) is 0 Å². The highest BCUT2D eigenvalue weighted by Crippen LogP contribution is 2.22. The van der Waals surface area contributed by atoms with Crippen molar-refractivity contribution in [3.05, 3.63) is 48.0 Å². The average Bonchev–Trinajstić information content (AvgIpc) is 2.45. The molecule has 2 rings (SSSR count). The molecular formula is C18H24O. The van der Waals surface area contributed by atoms with Crippen molar-refractivity contribution in [2.24, 2.45) is 5.92 Å². The van der Waals surface area contributed by atoms with Crippen LogP contribution in [0.3, 0.4) is 0 Å². The minimum Gasteiger partial charge on any atom is -0.393 e. The van der Waals surface area contributed by atoms with Crippen LogP contribution in [0.1, 0.15) is 38.7 Å². The standard InChI is InChI=1S/C18H24O/c1-3-14(4-2)12-17(19)13-16-10-7-9-15-8-5-6-11-18(15)16/h5-11,14,17,19H,3-4,12-13H2,1-2H3. The lowest BCUT2D eigenvalue weighted by Crippen LogP contribution is -2.15. The van der Waals surface area contributed by atoms with E-state index in [1.807, 2.05) is 0 Å². The Labute approximate surface area is 116 Å². The summed E-state index contributed by atoms with van der Waals surface area (Å²) in [5, 5.41) is 12.8. The number of benzene rings is 2. The lowest BCUT2D eigenvalue weighted by molar-refractivity contribution is 0.140. The first-order valence-electron chi connectivity index (χ1n) is 7.39. The van der Waals surface area contributed by atoms with Crippen molar-refractivity contribution in [1.82, 2.24) is 0 Å². The van der Waals surface area contributed by atoms with Crippen LogP contribution in [0.5, 0.6) is 0 Å². The van der Waals surface area contributed by atoms with Crippen molar-refractivity contribution in [1.29, 1.82) is 0 Å². The Hall–Kier alpha value is -1.34. The van der Waals surface area contributed by atoms with Gasteiger partial charge in [-0.2, -0.15) is 0 Å². The van der Waals surface area contributed by atoms with Gasteiger partial charge in [0.05, 0.1) is 6.10 Å². The van der Waals surface area contributed by atoms with Crippen LogP contribution in [0.2, 0.25) is 0 Å². The van der Waals surface area contributed by atoms with Crippen LogP contribution in [-0.4, -0.2) is 11.2 Å². The van der Waals surface area contributed by atoms with Crippen LogP contribution in [0.15, 0.2) is 42.5 Å². The first-order chi connectivity index (χ1) is 9.24. The molecule has 0 bridgehead atoms. The summed E-state index contributed by atoms with van der Waals surface area (Å²) in [5.74, 6) is 0.643. The van der Waals surface area contributed by atoms with Gasteiger partial charge < -0.3 is 5.11 Å². The Morgan fingerprint density at radius 3 is 2.37 bits per heavy atom. The molecule has 0 aromatic heterocycles. The Morgan fingerprint density at radius 2 is 1.63 bits per heavy atom. The molecule has 0 saturated carbocycles. The van der Waals surface area contributed by atoms with Gasteiger partial charge in [-0.3, -0.25) is 0 Å². The van der Waals surface area contributed by atoms with E-state index < -0.39 is 0 Å². The zero-order chi connectivity index (χ0) is 13.7. The van der Waals surface area contributed by atoms with Gasteiger partial charge in [-0.1, -0.05) is 69.2 Å². The van der Waals surface area contributed by atoms with Gasteiger partial charge in [0.25, 0.3) is 0 Å². The summed E-state index contributed by atoms with van der Waals surface area (Å²) in [4.78, 5) is 0. The molecule has 102 valence electrons. The summed E-state index contributed by atoms with van der Waals surface area (Å²) in [7, 11) is 0. The molecule has 1 heteroatoms. The molecule has 2 aromatic rings. The molecule has 1 N–H and O–H groups in total. The predicted molar refractivity (Wildman–Crippen MR) is 82.3 cm³/mol. The third-order valence-corrected chi connectivity index (χ3v) is 4.10. The second kappa shape index (κ2) is 6.72.